The Hall–Kier alpha value is -2.45. The van der Waals surface area contributed by atoms with E-state index in [0.29, 0.717) is 23.8 Å². The van der Waals surface area contributed by atoms with Crippen molar-refractivity contribution in [3.63, 3.8) is 0 Å². The minimum atomic E-state index is -0.456. The number of nitrogens with one attached hydrogen (secondary N) is 1. The Balaban J connectivity index is 1.35. The molecule has 6 nitrogen and oxygen atoms in total. The molecule has 30 heavy (non-hydrogen) atoms. The molecule has 1 atom stereocenters. The molecular weight excluding hydrogens is 405 g/mol. The molecule has 1 amide bonds. The van der Waals surface area contributed by atoms with Crippen molar-refractivity contribution >= 4 is 29.0 Å². The van der Waals surface area contributed by atoms with Crippen molar-refractivity contribution < 1.29 is 18.3 Å². The van der Waals surface area contributed by atoms with E-state index in [0.717, 1.165) is 43.8 Å². The largest absolute Gasteiger partial charge is 0.468 e. The van der Waals surface area contributed by atoms with Gasteiger partial charge in [-0.1, -0.05) is 18.3 Å². The maximum Gasteiger partial charge on any atom is 0.414 e. The fraction of sp³-hybridized carbons (Fsp3) is 0.455. The number of likely N-dealkylation sites (tertiary alicyclic amines) is 1. The first-order valence-corrected chi connectivity index (χ1v) is 10.7. The summed E-state index contributed by atoms with van der Waals surface area (Å²) in [7, 11) is 0. The Bertz CT molecular complexity index is 897. The lowest BCUT2D eigenvalue weighted by molar-refractivity contribution is 0.143. The minimum Gasteiger partial charge on any atom is -0.468 e. The van der Waals surface area contributed by atoms with E-state index in [9.17, 15) is 9.18 Å². The number of anilines is 1. The third kappa shape index (κ3) is 4.82. The average molecular weight is 432 g/mol. The molecule has 1 unspecified atom stereocenters. The van der Waals surface area contributed by atoms with Gasteiger partial charge in [-0.2, -0.15) is 0 Å². The third-order valence-electron chi connectivity index (χ3n) is 5.74. The molecule has 0 bridgehead atoms. The highest BCUT2D eigenvalue weighted by Crippen LogP contribution is 2.33. The molecule has 2 aromatic rings. The zero-order valence-corrected chi connectivity index (χ0v) is 17.8. The number of amides is 1. The smallest absolute Gasteiger partial charge is 0.414 e. The number of rotatable bonds is 6. The fourth-order valence-electron chi connectivity index (χ4n) is 4.14. The molecular formula is C22H26FN3O3S. The number of furan rings is 1. The van der Waals surface area contributed by atoms with Crippen molar-refractivity contribution in [3.05, 3.63) is 53.7 Å². The van der Waals surface area contributed by atoms with Crippen molar-refractivity contribution in [1.82, 2.24) is 10.2 Å². The number of carbonyl (C=O) groups excluding carboxylic acids is 1. The summed E-state index contributed by atoms with van der Waals surface area (Å²) in [6.07, 6.45) is 2.71. The average Bonchev–Trinajstić information content (AvgIpc) is 3.36. The summed E-state index contributed by atoms with van der Waals surface area (Å²) in [5.74, 6) is 0.872. The maximum atomic E-state index is 14.9. The Labute approximate surface area is 181 Å². The van der Waals surface area contributed by atoms with Gasteiger partial charge in [0, 0.05) is 0 Å². The summed E-state index contributed by atoms with van der Waals surface area (Å²) < 4.78 is 25.7. The van der Waals surface area contributed by atoms with Crippen LogP contribution >= 0.6 is 12.2 Å². The highest BCUT2D eigenvalue weighted by atomic mass is 32.1. The second kappa shape index (κ2) is 9.14. The van der Waals surface area contributed by atoms with Gasteiger partial charge in [0.1, 0.15) is 17.7 Å². The predicted molar refractivity (Wildman–Crippen MR) is 116 cm³/mol. The van der Waals surface area contributed by atoms with Crippen molar-refractivity contribution in [2.75, 3.05) is 31.1 Å². The first-order chi connectivity index (χ1) is 14.5. The number of cyclic esters (lactones) is 1. The van der Waals surface area contributed by atoms with Gasteiger partial charge in [-0.05, 0) is 68.6 Å². The Morgan fingerprint density at radius 1 is 1.30 bits per heavy atom. The normalized spacial score (nSPS) is 20.4. The minimum absolute atomic E-state index is 0.181. The van der Waals surface area contributed by atoms with Gasteiger partial charge in [0.25, 0.3) is 0 Å². The van der Waals surface area contributed by atoms with Gasteiger partial charge in [-0.3, -0.25) is 9.80 Å². The van der Waals surface area contributed by atoms with Crippen molar-refractivity contribution in [1.29, 1.82) is 0 Å². The summed E-state index contributed by atoms with van der Waals surface area (Å²) in [6, 6.07) is 8.95. The van der Waals surface area contributed by atoms with Crippen LogP contribution in [0.4, 0.5) is 14.9 Å². The van der Waals surface area contributed by atoms with Gasteiger partial charge >= 0.3 is 6.09 Å². The van der Waals surface area contributed by atoms with E-state index in [1.54, 1.807) is 13.2 Å². The molecule has 0 aliphatic carbocycles. The number of benzene rings is 1. The van der Waals surface area contributed by atoms with E-state index in [-0.39, 0.29) is 17.8 Å². The lowest BCUT2D eigenvalue weighted by atomic mass is 9.89. The van der Waals surface area contributed by atoms with Crippen LogP contribution in [0.3, 0.4) is 0 Å². The van der Waals surface area contributed by atoms with E-state index in [1.807, 2.05) is 24.3 Å². The molecule has 2 aliphatic rings. The van der Waals surface area contributed by atoms with E-state index < -0.39 is 6.09 Å². The zero-order chi connectivity index (χ0) is 21.1. The second-order valence-corrected chi connectivity index (χ2v) is 8.50. The number of carbonyl (C=O) groups is 1. The molecule has 3 heterocycles. The van der Waals surface area contributed by atoms with Gasteiger partial charge in [-0.15, -0.1) is 0 Å². The molecule has 1 N–H and O–H groups in total. The van der Waals surface area contributed by atoms with Crippen LogP contribution in [0.5, 0.6) is 0 Å². The summed E-state index contributed by atoms with van der Waals surface area (Å²) in [4.78, 5) is 16.7. The number of nitrogens with zero attached hydrogens (tertiary/aromatic N) is 2. The van der Waals surface area contributed by atoms with Crippen LogP contribution in [0.15, 0.2) is 41.0 Å². The molecule has 2 aliphatic heterocycles. The Kier molecular flexibility index (Phi) is 6.34. The van der Waals surface area contributed by atoms with Gasteiger partial charge in [0.05, 0.1) is 36.6 Å². The monoisotopic (exact) mass is 431 g/mol. The Morgan fingerprint density at radius 2 is 2.10 bits per heavy atom. The number of piperidine rings is 1. The summed E-state index contributed by atoms with van der Waals surface area (Å²) in [5.41, 5.74) is 1.25. The van der Waals surface area contributed by atoms with E-state index >= 15 is 0 Å². The second-order valence-electron chi connectivity index (χ2n) is 7.89. The molecule has 4 rings (SSSR count). The van der Waals surface area contributed by atoms with Gasteiger partial charge in [0.2, 0.25) is 0 Å². The Morgan fingerprint density at radius 3 is 2.77 bits per heavy atom. The maximum absolute atomic E-state index is 14.9. The molecule has 160 valence electrons. The van der Waals surface area contributed by atoms with Crippen LogP contribution in [0.1, 0.15) is 37.0 Å². The van der Waals surface area contributed by atoms with E-state index in [2.05, 4.69) is 10.2 Å². The first kappa shape index (κ1) is 20.8. The summed E-state index contributed by atoms with van der Waals surface area (Å²) >= 11 is 4.99. The van der Waals surface area contributed by atoms with Crippen molar-refractivity contribution in [2.24, 2.45) is 0 Å². The molecule has 0 saturated carbocycles. The standard InChI is InChI=1S/C22H26FN3O3S/c1-15(30)24-12-19-14-26(22(27)29-19)17-4-5-20(21(23)11-17)16-6-8-25(9-7-16)13-18-3-2-10-28-18/h2-5,10-11,16,19H,6-9,12-14H2,1H3,(H,24,30). The van der Waals surface area contributed by atoms with Crippen molar-refractivity contribution in [2.45, 2.75) is 38.3 Å². The zero-order valence-electron chi connectivity index (χ0n) is 17.0. The van der Waals surface area contributed by atoms with E-state index in [4.69, 9.17) is 21.4 Å². The SMILES string of the molecule is CC(=S)NCC1CN(c2ccc(C3CCN(Cc4ccco4)CC3)c(F)c2)C(=O)O1. The number of ether oxygens (including phenoxy) is 1. The summed E-state index contributed by atoms with van der Waals surface area (Å²) in [6.45, 7) is 5.20. The van der Waals surface area contributed by atoms with Crippen molar-refractivity contribution in [3.8, 4) is 0 Å². The highest BCUT2D eigenvalue weighted by molar-refractivity contribution is 7.80. The van der Waals surface area contributed by atoms with Crippen LogP contribution in [0.2, 0.25) is 0 Å². The number of halogens is 1. The van der Waals surface area contributed by atoms with Gasteiger partial charge in [-0.25, -0.2) is 9.18 Å². The molecule has 0 radical (unpaired) electrons. The topological polar surface area (TPSA) is 58.0 Å². The van der Waals surface area contributed by atoms with Crippen LogP contribution in [0.25, 0.3) is 0 Å². The first-order valence-electron chi connectivity index (χ1n) is 10.3. The lowest BCUT2D eigenvalue weighted by Gasteiger charge is -2.31. The molecule has 0 spiro atoms. The van der Waals surface area contributed by atoms with Gasteiger partial charge < -0.3 is 14.5 Å². The lowest BCUT2D eigenvalue weighted by Crippen LogP contribution is -2.33. The highest BCUT2D eigenvalue weighted by Gasteiger charge is 2.33. The molecule has 2 saturated heterocycles. The number of thiocarbonyl (C=S) groups is 1. The summed E-state index contributed by atoms with van der Waals surface area (Å²) in [5, 5.41) is 3.00. The predicted octanol–water partition coefficient (Wildman–Crippen LogP) is 4.06. The van der Waals surface area contributed by atoms with E-state index in [1.165, 1.54) is 11.0 Å². The molecule has 2 fully saturated rings. The molecule has 1 aromatic heterocycles. The quantitative estimate of drug-likeness (QED) is 0.696. The van der Waals surface area contributed by atoms with Crippen LogP contribution in [0, 0.1) is 5.82 Å². The third-order valence-corrected chi connectivity index (χ3v) is 5.88. The molecule has 1 aromatic carbocycles. The molecule has 8 heteroatoms. The van der Waals surface area contributed by atoms with Crippen LogP contribution in [-0.4, -0.2) is 48.3 Å². The number of hydrogen-bond donors (Lipinski definition) is 1. The van der Waals surface area contributed by atoms with Gasteiger partial charge in [0.15, 0.2) is 0 Å². The van der Waals surface area contributed by atoms with Crippen LogP contribution in [-0.2, 0) is 11.3 Å². The van der Waals surface area contributed by atoms with Crippen LogP contribution < -0.4 is 10.2 Å². The number of hydrogen-bond acceptors (Lipinski definition) is 5. The fourth-order valence-corrected chi connectivity index (χ4v) is 4.22.